The molecule has 1 atom stereocenters. The van der Waals surface area contributed by atoms with E-state index in [1.54, 1.807) is 0 Å². The number of hydrogen-bond donors (Lipinski definition) is 3. The largest absolute Gasteiger partial charge is 0.480 e. The molecule has 1 aliphatic carbocycles. The lowest BCUT2D eigenvalue weighted by Crippen LogP contribution is -2.40. The third-order valence-corrected chi connectivity index (χ3v) is 7.05. The number of thioether (sulfide) groups is 1. The van der Waals surface area contributed by atoms with Crippen molar-refractivity contribution in [3.8, 4) is 11.1 Å². The Hall–Kier alpha value is -3.37. The number of carboxylic acid groups (broad SMARTS) is 1. The topological polar surface area (TPSA) is 118 Å². The Morgan fingerprint density at radius 2 is 1.76 bits per heavy atom. The molecule has 34 heavy (non-hydrogen) atoms. The molecule has 176 valence electrons. The van der Waals surface area contributed by atoms with E-state index in [9.17, 15) is 19.5 Å². The van der Waals surface area contributed by atoms with Crippen LogP contribution in [-0.2, 0) is 9.53 Å². The fourth-order valence-electron chi connectivity index (χ4n) is 3.88. The van der Waals surface area contributed by atoms with Crippen LogP contribution in [-0.4, -0.2) is 52.7 Å². The molecule has 0 spiro atoms. The Kier molecular flexibility index (Phi) is 7.49. The van der Waals surface area contributed by atoms with Crippen molar-refractivity contribution < 1.29 is 24.2 Å². The average Bonchev–Trinajstić information content (AvgIpc) is 3.43. The number of aliphatic carboxylic acids is 1. The number of benzene rings is 2. The summed E-state index contributed by atoms with van der Waals surface area (Å²) in [5, 5.41) is 14.5. The van der Waals surface area contributed by atoms with Gasteiger partial charge in [-0.3, -0.25) is 10.1 Å². The SMILES string of the molecule is CSCC[C@@H](NC(=O)c1cnc(NC(=O)OCC2c3ccccc3-c3ccccc32)s1)C(=O)O. The first-order valence-corrected chi connectivity index (χ1v) is 12.8. The minimum atomic E-state index is -1.09. The van der Waals surface area contributed by atoms with Gasteiger partial charge in [-0.05, 0) is 40.7 Å². The number of carboxylic acids is 1. The monoisotopic (exact) mass is 497 g/mol. The van der Waals surface area contributed by atoms with Gasteiger partial charge >= 0.3 is 12.1 Å². The van der Waals surface area contributed by atoms with E-state index in [1.807, 2.05) is 42.7 Å². The van der Waals surface area contributed by atoms with Crippen molar-refractivity contribution in [2.45, 2.75) is 18.4 Å². The number of rotatable bonds is 9. The van der Waals surface area contributed by atoms with E-state index in [-0.39, 0.29) is 22.5 Å². The van der Waals surface area contributed by atoms with Crippen LogP contribution < -0.4 is 10.6 Å². The normalized spacial score (nSPS) is 13.0. The van der Waals surface area contributed by atoms with Crippen molar-refractivity contribution >= 4 is 46.2 Å². The highest BCUT2D eigenvalue weighted by Gasteiger charge is 2.29. The molecule has 10 heteroatoms. The Balaban J connectivity index is 1.35. The van der Waals surface area contributed by atoms with Crippen LogP contribution in [0.1, 0.15) is 33.1 Å². The summed E-state index contributed by atoms with van der Waals surface area (Å²) >= 11 is 2.45. The maximum absolute atomic E-state index is 12.4. The Labute approximate surface area is 204 Å². The second kappa shape index (κ2) is 10.7. The molecule has 0 bridgehead atoms. The molecule has 0 aliphatic heterocycles. The van der Waals surface area contributed by atoms with Crippen LogP contribution in [0.25, 0.3) is 11.1 Å². The smallest absolute Gasteiger partial charge is 0.413 e. The number of amides is 2. The van der Waals surface area contributed by atoms with Gasteiger partial charge in [-0.1, -0.05) is 59.9 Å². The van der Waals surface area contributed by atoms with Crippen molar-refractivity contribution in [2.75, 3.05) is 23.9 Å². The molecule has 1 heterocycles. The summed E-state index contributed by atoms with van der Waals surface area (Å²) in [7, 11) is 0. The zero-order valence-electron chi connectivity index (χ0n) is 18.3. The number of fused-ring (bicyclic) bond motifs is 3. The number of nitrogens with zero attached hydrogens (tertiary/aromatic N) is 1. The minimum Gasteiger partial charge on any atom is -0.480 e. The Bertz CT molecular complexity index is 1170. The lowest BCUT2D eigenvalue weighted by Gasteiger charge is -2.14. The lowest BCUT2D eigenvalue weighted by molar-refractivity contribution is -0.139. The van der Waals surface area contributed by atoms with Gasteiger partial charge in [-0.25, -0.2) is 14.6 Å². The number of carbonyl (C=O) groups excluding carboxylic acids is 2. The van der Waals surface area contributed by atoms with E-state index in [0.717, 1.165) is 33.6 Å². The number of aromatic nitrogens is 1. The molecule has 1 aromatic heterocycles. The van der Waals surface area contributed by atoms with Crippen LogP contribution in [0.2, 0.25) is 0 Å². The molecule has 0 saturated carbocycles. The van der Waals surface area contributed by atoms with Crippen molar-refractivity contribution in [1.82, 2.24) is 10.3 Å². The maximum Gasteiger partial charge on any atom is 0.413 e. The predicted molar refractivity (Wildman–Crippen MR) is 133 cm³/mol. The Morgan fingerprint density at radius 1 is 1.12 bits per heavy atom. The molecule has 3 aromatic rings. The Morgan fingerprint density at radius 3 is 2.38 bits per heavy atom. The third kappa shape index (κ3) is 5.23. The summed E-state index contributed by atoms with van der Waals surface area (Å²) in [6.45, 7) is 0.161. The fraction of sp³-hybridized carbons (Fsp3) is 0.250. The second-order valence-corrected chi connectivity index (χ2v) is 9.64. The van der Waals surface area contributed by atoms with Gasteiger partial charge in [-0.2, -0.15) is 11.8 Å². The third-order valence-electron chi connectivity index (χ3n) is 5.50. The number of ether oxygens (including phenoxy) is 1. The lowest BCUT2D eigenvalue weighted by atomic mass is 9.98. The molecule has 4 rings (SSSR count). The minimum absolute atomic E-state index is 0.0648. The first-order chi connectivity index (χ1) is 16.5. The van der Waals surface area contributed by atoms with Crippen molar-refractivity contribution in [1.29, 1.82) is 0 Å². The van der Waals surface area contributed by atoms with E-state index in [4.69, 9.17) is 4.74 Å². The van der Waals surface area contributed by atoms with Gasteiger partial charge in [0.25, 0.3) is 5.91 Å². The number of nitrogens with one attached hydrogen (secondary N) is 2. The summed E-state index contributed by atoms with van der Waals surface area (Å²) < 4.78 is 5.49. The van der Waals surface area contributed by atoms with E-state index in [1.165, 1.54) is 18.0 Å². The average molecular weight is 498 g/mol. The quantitative estimate of drug-likeness (QED) is 0.400. The second-order valence-electron chi connectivity index (χ2n) is 7.63. The zero-order chi connectivity index (χ0) is 24.1. The van der Waals surface area contributed by atoms with Crippen LogP contribution in [0.4, 0.5) is 9.93 Å². The standard InChI is InChI=1S/C24H23N3O5S2/c1-33-11-10-19(22(29)30)26-21(28)20-12-25-23(34-20)27-24(31)32-13-18-16-8-4-2-6-14(16)15-7-3-5-9-17(15)18/h2-9,12,18-19H,10-11,13H2,1H3,(H,26,28)(H,29,30)(H,25,27,31)/t19-/m1/s1. The van der Waals surface area contributed by atoms with Crippen LogP contribution in [0.5, 0.6) is 0 Å². The van der Waals surface area contributed by atoms with Crippen LogP contribution in [0.15, 0.2) is 54.7 Å². The van der Waals surface area contributed by atoms with Gasteiger partial charge < -0.3 is 15.2 Å². The first-order valence-electron chi connectivity index (χ1n) is 10.6. The molecule has 8 nitrogen and oxygen atoms in total. The van der Waals surface area contributed by atoms with Gasteiger partial charge in [0.15, 0.2) is 5.13 Å². The molecule has 0 fully saturated rings. The van der Waals surface area contributed by atoms with Gasteiger partial charge in [0.2, 0.25) is 0 Å². The molecule has 0 unspecified atom stereocenters. The molecular formula is C24H23N3O5S2. The molecule has 2 aromatic carbocycles. The summed E-state index contributed by atoms with van der Waals surface area (Å²) in [6.07, 6.45) is 2.80. The highest BCUT2D eigenvalue weighted by molar-refractivity contribution is 7.98. The highest BCUT2D eigenvalue weighted by atomic mass is 32.2. The van der Waals surface area contributed by atoms with E-state index in [2.05, 4.69) is 27.8 Å². The molecule has 0 saturated heterocycles. The van der Waals surface area contributed by atoms with Crippen LogP contribution in [0.3, 0.4) is 0 Å². The number of anilines is 1. The number of hydrogen-bond acceptors (Lipinski definition) is 7. The van der Waals surface area contributed by atoms with Crippen LogP contribution in [0, 0.1) is 0 Å². The zero-order valence-corrected chi connectivity index (χ0v) is 19.9. The summed E-state index contributed by atoms with van der Waals surface area (Å²) in [5.74, 6) is -1.10. The predicted octanol–water partition coefficient (Wildman–Crippen LogP) is 4.44. The molecular weight excluding hydrogens is 474 g/mol. The number of thiazole rings is 1. The maximum atomic E-state index is 12.4. The highest BCUT2D eigenvalue weighted by Crippen LogP contribution is 2.44. The first kappa shape index (κ1) is 23.8. The summed E-state index contributed by atoms with van der Waals surface area (Å²) in [4.78, 5) is 40.4. The van der Waals surface area contributed by atoms with Crippen molar-refractivity contribution in [3.63, 3.8) is 0 Å². The molecule has 0 radical (unpaired) electrons. The van der Waals surface area contributed by atoms with Gasteiger partial charge in [0, 0.05) is 5.92 Å². The number of carbonyl (C=O) groups is 3. The van der Waals surface area contributed by atoms with E-state index in [0.29, 0.717) is 12.2 Å². The van der Waals surface area contributed by atoms with Crippen molar-refractivity contribution in [2.24, 2.45) is 0 Å². The molecule has 2 amide bonds. The van der Waals surface area contributed by atoms with E-state index < -0.39 is 24.0 Å². The van der Waals surface area contributed by atoms with Crippen LogP contribution >= 0.6 is 23.1 Å². The summed E-state index contributed by atoms with van der Waals surface area (Å²) in [5.41, 5.74) is 4.50. The van der Waals surface area contributed by atoms with Gasteiger partial charge in [0.1, 0.15) is 17.5 Å². The van der Waals surface area contributed by atoms with Crippen molar-refractivity contribution in [3.05, 3.63) is 70.7 Å². The molecule has 3 N–H and O–H groups in total. The summed E-state index contributed by atoms with van der Waals surface area (Å²) in [6, 6.07) is 15.1. The van der Waals surface area contributed by atoms with Gasteiger partial charge in [0.05, 0.1) is 6.20 Å². The van der Waals surface area contributed by atoms with E-state index >= 15 is 0 Å². The van der Waals surface area contributed by atoms with Gasteiger partial charge in [-0.15, -0.1) is 0 Å². The fourth-order valence-corrected chi connectivity index (χ4v) is 5.06. The molecule has 1 aliphatic rings.